The van der Waals surface area contributed by atoms with Gasteiger partial charge in [-0.05, 0) is 64.2 Å². The molecule has 1 fully saturated rings. The monoisotopic (exact) mass is 835 g/mol. The molecule has 1 heterocycles. The van der Waals surface area contributed by atoms with Gasteiger partial charge in [0, 0.05) is 12.8 Å². The minimum atomic E-state index is -1.61. The minimum Gasteiger partial charge on any atom is -0.462 e. The molecule has 0 aromatic carbocycles. The first-order valence-electron chi connectivity index (χ1n) is 23.7. The first-order chi connectivity index (χ1) is 28.8. The summed E-state index contributed by atoms with van der Waals surface area (Å²) in [6.45, 7) is 3.35. The van der Waals surface area contributed by atoms with Crippen LogP contribution in [0.15, 0.2) is 48.6 Å². The van der Waals surface area contributed by atoms with E-state index in [9.17, 15) is 30.0 Å². The molecule has 0 aromatic rings. The van der Waals surface area contributed by atoms with E-state index >= 15 is 0 Å². The third-order valence-electron chi connectivity index (χ3n) is 10.7. The zero-order chi connectivity index (χ0) is 43.0. The first-order valence-corrected chi connectivity index (χ1v) is 23.7. The molecule has 10 heteroatoms. The van der Waals surface area contributed by atoms with Gasteiger partial charge >= 0.3 is 11.9 Å². The highest BCUT2D eigenvalue weighted by molar-refractivity contribution is 5.70. The van der Waals surface area contributed by atoms with Crippen LogP contribution in [0.4, 0.5) is 0 Å². The molecule has 0 spiro atoms. The van der Waals surface area contributed by atoms with Crippen molar-refractivity contribution in [2.45, 2.75) is 230 Å². The second kappa shape index (κ2) is 39.8. The van der Waals surface area contributed by atoms with E-state index in [1.165, 1.54) is 116 Å². The van der Waals surface area contributed by atoms with Crippen LogP contribution in [0.3, 0.4) is 0 Å². The standard InChI is InChI=1S/C49H86O10/c1-3-5-7-9-11-13-15-17-19-21-23-25-27-29-31-33-35-37-44(51)56-40-42(41-57-49-48(55)47(54)46(53)43(39-50)59-49)58-45(52)38-36-34-32-30-28-26-24-22-20-18-16-14-12-10-8-6-4-2/h23-26,29-32,42-43,46-50,53-55H,3-22,27-28,33-41H2,1-2H3/b25-23+,26-24+,31-29+,32-30+/t42-,43-,46+,47?,48?,49-/m0/s1. The molecule has 1 saturated heterocycles. The van der Waals surface area contributed by atoms with Crippen molar-refractivity contribution >= 4 is 11.9 Å². The van der Waals surface area contributed by atoms with E-state index in [0.717, 1.165) is 32.1 Å². The Morgan fingerprint density at radius 3 is 1.41 bits per heavy atom. The van der Waals surface area contributed by atoms with Crippen LogP contribution in [-0.2, 0) is 28.5 Å². The molecular weight excluding hydrogens is 749 g/mol. The maximum Gasteiger partial charge on any atom is 0.306 e. The van der Waals surface area contributed by atoms with Crippen molar-refractivity contribution in [2.24, 2.45) is 0 Å². The van der Waals surface area contributed by atoms with Gasteiger partial charge in [0.15, 0.2) is 12.4 Å². The molecule has 59 heavy (non-hydrogen) atoms. The summed E-state index contributed by atoms with van der Waals surface area (Å²) in [5.74, 6) is -0.912. The van der Waals surface area contributed by atoms with Gasteiger partial charge in [0.2, 0.25) is 0 Å². The van der Waals surface area contributed by atoms with E-state index in [2.05, 4.69) is 62.5 Å². The smallest absolute Gasteiger partial charge is 0.306 e. The van der Waals surface area contributed by atoms with Crippen molar-refractivity contribution < 1.29 is 49.0 Å². The van der Waals surface area contributed by atoms with E-state index in [-0.39, 0.29) is 26.1 Å². The summed E-state index contributed by atoms with van der Waals surface area (Å²) >= 11 is 0. The average molecular weight is 835 g/mol. The van der Waals surface area contributed by atoms with Crippen LogP contribution in [0.5, 0.6) is 0 Å². The predicted octanol–water partition coefficient (Wildman–Crippen LogP) is 10.4. The minimum absolute atomic E-state index is 0.157. The Morgan fingerprint density at radius 1 is 0.525 bits per heavy atom. The summed E-state index contributed by atoms with van der Waals surface area (Å²) < 4.78 is 22.1. The quantitative estimate of drug-likeness (QED) is 0.0267. The maximum absolute atomic E-state index is 12.8. The normalized spacial score (nSPS) is 20.4. The molecule has 0 aliphatic carbocycles. The zero-order valence-corrected chi connectivity index (χ0v) is 37.2. The molecule has 6 atom stereocenters. The van der Waals surface area contributed by atoms with E-state index in [4.69, 9.17) is 18.9 Å². The number of carbonyl (C=O) groups excluding carboxylic acids is 2. The molecule has 1 aliphatic rings. The van der Waals surface area contributed by atoms with Gasteiger partial charge in [-0.25, -0.2) is 0 Å². The predicted molar refractivity (Wildman–Crippen MR) is 238 cm³/mol. The largest absolute Gasteiger partial charge is 0.462 e. The summed E-state index contributed by atoms with van der Waals surface area (Å²) in [7, 11) is 0. The summed E-state index contributed by atoms with van der Waals surface area (Å²) in [6.07, 6.45) is 39.9. The molecule has 0 radical (unpaired) electrons. The fourth-order valence-corrected chi connectivity index (χ4v) is 6.91. The van der Waals surface area contributed by atoms with Gasteiger partial charge in [0.1, 0.15) is 31.0 Å². The number of hydrogen-bond donors (Lipinski definition) is 4. The van der Waals surface area contributed by atoms with Crippen LogP contribution in [0.1, 0.15) is 194 Å². The summed E-state index contributed by atoms with van der Waals surface area (Å²) in [4.78, 5) is 25.3. The molecule has 342 valence electrons. The Hall–Kier alpha value is -2.34. The molecule has 0 bridgehead atoms. The number of carbonyl (C=O) groups is 2. The molecule has 1 aliphatic heterocycles. The van der Waals surface area contributed by atoms with Crippen molar-refractivity contribution in [3.8, 4) is 0 Å². The van der Waals surface area contributed by atoms with Crippen LogP contribution in [0.2, 0.25) is 0 Å². The van der Waals surface area contributed by atoms with Gasteiger partial charge in [-0.3, -0.25) is 9.59 Å². The Bertz CT molecular complexity index is 1100. The van der Waals surface area contributed by atoms with Crippen molar-refractivity contribution in [1.29, 1.82) is 0 Å². The van der Waals surface area contributed by atoms with Crippen LogP contribution in [0, 0.1) is 0 Å². The molecule has 0 saturated carbocycles. The number of aliphatic hydroxyl groups is 4. The number of rotatable bonds is 39. The zero-order valence-electron chi connectivity index (χ0n) is 37.2. The van der Waals surface area contributed by atoms with E-state index in [1.807, 2.05) is 0 Å². The molecule has 1 rings (SSSR count). The maximum atomic E-state index is 12.8. The number of ether oxygens (including phenoxy) is 4. The number of esters is 2. The lowest BCUT2D eigenvalue weighted by Gasteiger charge is -2.39. The molecule has 0 amide bonds. The van der Waals surface area contributed by atoms with Crippen LogP contribution >= 0.6 is 0 Å². The Labute approximate surface area is 358 Å². The van der Waals surface area contributed by atoms with Gasteiger partial charge in [-0.15, -0.1) is 0 Å². The lowest BCUT2D eigenvalue weighted by molar-refractivity contribution is -0.305. The van der Waals surface area contributed by atoms with Crippen molar-refractivity contribution in [3.05, 3.63) is 48.6 Å². The van der Waals surface area contributed by atoms with E-state index in [1.54, 1.807) is 0 Å². The van der Waals surface area contributed by atoms with Gasteiger partial charge in [-0.2, -0.15) is 0 Å². The number of allylic oxidation sites excluding steroid dienone is 8. The highest BCUT2D eigenvalue weighted by Gasteiger charge is 2.44. The highest BCUT2D eigenvalue weighted by atomic mass is 16.7. The Morgan fingerprint density at radius 2 is 0.949 bits per heavy atom. The van der Waals surface area contributed by atoms with Gasteiger partial charge < -0.3 is 39.4 Å². The molecule has 0 aromatic heterocycles. The second-order valence-electron chi connectivity index (χ2n) is 16.2. The van der Waals surface area contributed by atoms with Crippen molar-refractivity contribution in [2.75, 3.05) is 19.8 Å². The Balaban J connectivity index is 2.37. The number of unbranched alkanes of at least 4 members (excludes halogenated alkanes) is 20. The molecular formula is C49H86O10. The SMILES string of the molecule is CCCCCCCCCCC/C=C/C/C=C/CCCC(=O)OC[C@@H](CO[C@H]1O[C@@H](CO)[C@@H](O)C(O)C1O)OC(=O)CCC/C=C/C/C=C/CCCCCCCCCCC. The van der Waals surface area contributed by atoms with E-state index < -0.39 is 55.4 Å². The third-order valence-corrected chi connectivity index (χ3v) is 10.7. The highest BCUT2D eigenvalue weighted by Crippen LogP contribution is 2.22. The van der Waals surface area contributed by atoms with Crippen LogP contribution < -0.4 is 0 Å². The van der Waals surface area contributed by atoms with Gasteiger partial charge in [0.05, 0.1) is 13.2 Å². The summed E-state index contributed by atoms with van der Waals surface area (Å²) in [6, 6.07) is 0. The van der Waals surface area contributed by atoms with Gasteiger partial charge in [-0.1, -0.05) is 165 Å². The Kier molecular flexibility index (Phi) is 36.9. The third kappa shape index (κ3) is 31.2. The molecule has 10 nitrogen and oxygen atoms in total. The average Bonchev–Trinajstić information content (AvgIpc) is 3.23. The van der Waals surface area contributed by atoms with Crippen LogP contribution in [0.25, 0.3) is 0 Å². The molecule has 2 unspecified atom stereocenters. The lowest BCUT2D eigenvalue weighted by Crippen LogP contribution is -2.59. The lowest BCUT2D eigenvalue weighted by atomic mass is 9.99. The fourth-order valence-electron chi connectivity index (χ4n) is 6.91. The number of hydrogen-bond acceptors (Lipinski definition) is 10. The van der Waals surface area contributed by atoms with Crippen molar-refractivity contribution in [1.82, 2.24) is 0 Å². The van der Waals surface area contributed by atoms with E-state index in [0.29, 0.717) is 19.3 Å². The topological polar surface area (TPSA) is 152 Å². The summed E-state index contributed by atoms with van der Waals surface area (Å²) in [5.41, 5.74) is 0. The fraction of sp³-hybridized carbons (Fsp3) is 0.796. The summed E-state index contributed by atoms with van der Waals surface area (Å²) in [5, 5.41) is 40.1. The van der Waals surface area contributed by atoms with Crippen molar-refractivity contribution in [3.63, 3.8) is 0 Å². The molecule has 4 N–H and O–H groups in total. The number of aliphatic hydroxyl groups excluding tert-OH is 4. The second-order valence-corrected chi connectivity index (χ2v) is 16.2. The first kappa shape index (κ1) is 54.7. The van der Waals surface area contributed by atoms with Gasteiger partial charge in [0.25, 0.3) is 0 Å². The van der Waals surface area contributed by atoms with Crippen LogP contribution in [-0.4, -0.2) is 89.0 Å².